The van der Waals surface area contributed by atoms with Crippen LogP contribution in [0.2, 0.25) is 0 Å². The van der Waals surface area contributed by atoms with Crippen LogP contribution in [-0.4, -0.2) is 46.8 Å². The molecule has 0 fully saturated rings. The Hall–Kier alpha value is -0.610. The first-order chi connectivity index (χ1) is 6.61. The summed E-state index contributed by atoms with van der Waals surface area (Å²) in [5.41, 5.74) is 0. The van der Waals surface area contributed by atoms with E-state index in [9.17, 15) is 4.79 Å². The van der Waals surface area contributed by atoms with Crippen molar-refractivity contribution < 1.29 is 15.0 Å². The average molecular weight is 203 g/mol. The van der Waals surface area contributed by atoms with Crippen LogP contribution in [0.15, 0.2) is 0 Å². The molecule has 0 aromatic heterocycles. The molecule has 2 N–H and O–H groups in total. The molecular weight excluding hydrogens is 182 g/mol. The van der Waals surface area contributed by atoms with Gasteiger partial charge in [-0.25, -0.2) is 4.79 Å². The van der Waals surface area contributed by atoms with E-state index in [1.807, 2.05) is 0 Å². The minimum absolute atomic E-state index is 0.315. The van der Waals surface area contributed by atoms with Crippen molar-refractivity contribution in [3.8, 4) is 0 Å². The summed E-state index contributed by atoms with van der Waals surface area (Å²) in [7, 11) is 0. The molecule has 0 aromatic rings. The third kappa shape index (κ3) is 5.94. The number of aliphatic hydroxyl groups is 1. The van der Waals surface area contributed by atoms with Gasteiger partial charge in [0.2, 0.25) is 0 Å². The first kappa shape index (κ1) is 13.4. The van der Waals surface area contributed by atoms with E-state index in [4.69, 9.17) is 10.2 Å². The van der Waals surface area contributed by atoms with E-state index in [2.05, 4.69) is 18.7 Å². The van der Waals surface area contributed by atoms with Gasteiger partial charge in [-0.2, -0.15) is 0 Å². The fourth-order valence-corrected chi connectivity index (χ4v) is 1.40. The van der Waals surface area contributed by atoms with Crippen LogP contribution in [0, 0.1) is 0 Å². The van der Waals surface area contributed by atoms with Crippen LogP contribution in [0.5, 0.6) is 0 Å². The monoisotopic (exact) mass is 203 g/mol. The highest BCUT2D eigenvalue weighted by Gasteiger charge is 2.14. The van der Waals surface area contributed by atoms with Gasteiger partial charge < -0.3 is 15.1 Å². The molecule has 0 heterocycles. The van der Waals surface area contributed by atoms with Crippen molar-refractivity contribution in [2.24, 2.45) is 0 Å². The molecule has 0 bridgehead atoms. The standard InChI is InChI=1S/C10H21NO3/c1-3-6-11(7-4-2)8-5-9(12)10(13)14/h9,12H,3-8H2,1-2H3,(H,13,14). The molecule has 0 saturated carbocycles. The summed E-state index contributed by atoms with van der Waals surface area (Å²) in [6, 6.07) is 0. The van der Waals surface area contributed by atoms with E-state index >= 15 is 0 Å². The lowest BCUT2D eigenvalue weighted by Crippen LogP contribution is -2.31. The van der Waals surface area contributed by atoms with Crippen LogP contribution in [0.1, 0.15) is 33.1 Å². The van der Waals surface area contributed by atoms with Gasteiger partial charge >= 0.3 is 5.97 Å². The first-order valence-corrected chi connectivity index (χ1v) is 5.25. The number of rotatable bonds is 8. The molecule has 0 aliphatic carbocycles. The van der Waals surface area contributed by atoms with Gasteiger partial charge in [-0.3, -0.25) is 0 Å². The molecular formula is C10H21NO3. The number of hydrogen-bond donors (Lipinski definition) is 2. The number of nitrogens with zero attached hydrogens (tertiary/aromatic N) is 1. The van der Waals surface area contributed by atoms with Gasteiger partial charge in [0.25, 0.3) is 0 Å². The highest BCUT2D eigenvalue weighted by molar-refractivity contribution is 5.71. The van der Waals surface area contributed by atoms with Crippen molar-refractivity contribution in [3.05, 3.63) is 0 Å². The second-order valence-corrected chi connectivity index (χ2v) is 3.48. The molecule has 4 nitrogen and oxygen atoms in total. The molecule has 84 valence electrons. The van der Waals surface area contributed by atoms with Gasteiger partial charge in [-0.1, -0.05) is 13.8 Å². The number of carboxylic acids is 1. The molecule has 1 atom stereocenters. The lowest BCUT2D eigenvalue weighted by Gasteiger charge is -2.21. The maximum atomic E-state index is 10.4. The van der Waals surface area contributed by atoms with Crippen LogP contribution >= 0.6 is 0 Å². The summed E-state index contributed by atoms with van der Waals surface area (Å²) >= 11 is 0. The van der Waals surface area contributed by atoms with Gasteiger partial charge in [0.1, 0.15) is 0 Å². The Kier molecular flexibility index (Phi) is 7.42. The lowest BCUT2D eigenvalue weighted by molar-refractivity contribution is -0.147. The summed E-state index contributed by atoms with van der Waals surface area (Å²) in [4.78, 5) is 12.5. The molecule has 0 spiro atoms. The largest absolute Gasteiger partial charge is 0.479 e. The van der Waals surface area contributed by atoms with Crippen molar-refractivity contribution in [1.82, 2.24) is 4.90 Å². The van der Waals surface area contributed by atoms with E-state index in [0.29, 0.717) is 13.0 Å². The molecule has 4 heteroatoms. The normalized spacial score (nSPS) is 13.1. The van der Waals surface area contributed by atoms with Gasteiger partial charge in [0.15, 0.2) is 6.10 Å². The van der Waals surface area contributed by atoms with Crippen molar-refractivity contribution in [1.29, 1.82) is 0 Å². The van der Waals surface area contributed by atoms with Crippen molar-refractivity contribution in [2.45, 2.75) is 39.2 Å². The molecule has 0 rings (SSSR count). The molecule has 0 aromatic carbocycles. The number of aliphatic hydroxyl groups excluding tert-OH is 1. The molecule has 0 saturated heterocycles. The van der Waals surface area contributed by atoms with Crippen LogP contribution < -0.4 is 0 Å². The summed E-state index contributed by atoms with van der Waals surface area (Å²) in [5.74, 6) is -1.13. The second kappa shape index (κ2) is 7.76. The van der Waals surface area contributed by atoms with Crippen molar-refractivity contribution in [2.75, 3.05) is 19.6 Å². The fourth-order valence-electron chi connectivity index (χ4n) is 1.40. The highest BCUT2D eigenvalue weighted by atomic mass is 16.4. The smallest absolute Gasteiger partial charge is 0.332 e. The Bertz CT molecular complexity index is 155. The summed E-state index contributed by atoms with van der Waals surface area (Å²) in [5, 5.41) is 17.6. The quantitative estimate of drug-likeness (QED) is 0.616. The molecule has 0 amide bonds. The van der Waals surface area contributed by atoms with Gasteiger partial charge in [-0.05, 0) is 32.4 Å². The van der Waals surface area contributed by atoms with Crippen molar-refractivity contribution in [3.63, 3.8) is 0 Å². The Morgan fingerprint density at radius 1 is 1.21 bits per heavy atom. The topological polar surface area (TPSA) is 60.8 Å². The minimum atomic E-state index is -1.22. The van der Waals surface area contributed by atoms with E-state index in [1.54, 1.807) is 0 Å². The van der Waals surface area contributed by atoms with E-state index in [0.717, 1.165) is 25.9 Å². The fraction of sp³-hybridized carbons (Fsp3) is 0.900. The molecule has 14 heavy (non-hydrogen) atoms. The summed E-state index contributed by atoms with van der Waals surface area (Å²) < 4.78 is 0. The lowest BCUT2D eigenvalue weighted by atomic mass is 10.2. The van der Waals surface area contributed by atoms with Gasteiger partial charge in [0, 0.05) is 6.54 Å². The van der Waals surface area contributed by atoms with Crippen LogP contribution in [0.25, 0.3) is 0 Å². The van der Waals surface area contributed by atoms with Crippen LogP contribution in [0.3, 0.4) is 0 Å². The highest BCUT2D eigenvalue weighted by Crippen LogP contribution is 1.99. The summed E-state index contributed by atoms with van der Waals surface area (Å²) in [6.45, 7) is 6.79. The maximum absolute atomic E-state index is 10.4. The number of hydrogen-bond acceptors (Lipinski definition) is 3. The maximum Gasteiger partial charge on any atom is 0.332 e. The second-order valence-electron chi connectivity index (χ2n) is 3.48. The van der Waals surface area contributed by atoms with Gasteiger partial charge in [0.05, 0.1) is 0 Å². The van der Waals surface area contributed by atoms with Crippen LogP contribution in [-0.2, 0) is 4.79 Å². The van der Waals surface area contributed by atoms with E-state index in [1.165, 1.54) is 0 Å². The zero-order chi connectivity index (χ0) is 11.0. The Morgan fingerprint density at radius 3 is 2.07 bits per heavy atom. The zero-order valence-corrected chi connectivity index (χ0v) is 9.07. The molecule has 0 aliphatic heterocycles. The number of carbonyl (C=O) groups is 1. The zero-order valence-electron chi connectivity index (χ0n) is 9.07. The number of carboxylic acid groups (broad SMARTS) is 1. The first-order valence-electron chi connectivity index (χ1n) is 5.25. The number of aliphatic carboxylic acids is 1. The third-order valence-electron chi connectivity index (χ3n) is 2.08. The van der Waals surface area contributed by atoms with Crippen LogP contribution in [0.4, 0.5) is 0 Å². The summed E-state index contributed by atoms with van der Waals surface area (Å²) in [6.07, 6.45) is 1.22. The predicted octanol–water partition coefficient (Wildman–Crippen LogP) is 0.944. The van der Waals surface area contributed by atoms with Crippen molar-refractivity contribution >= 4 is 5.97 Å². The van der Waals surface area contributed by atoms with Gasteiger partial charge in [-0.15, -0.1) is 0 Å². The van der Waals surface area contributed by atoms with E-state index in [-0.39, 0.29) is 0 Å². The Balaban J connectivity index is 3.74. The average Bonchev–Trinajstić information content (AvgIpc) is 2.14. The molecule has 0 radical (unpaired) electrons. The minimum Gasteiger partial charge on any atom is -0.479 e. The SMILES string of the molecule is CCCN(CCC)CCC(O)C(=O)O. The molecule has 0 aliphatic rings. The Labute approximate surface area is 85.5 Å². The van der Waals surface area contributed by atoms with E-state index < -0.39 is 12.1 Å². The Morgan fingerprint density at radius 2 is 1.71 bits per heavy atom. The third-order valence-corrected chi connectivity index (χ3v) is 2.08. The molecule has 1 unspecified atom stereocenters. The predicted molar refractivity (Wildman–Crippen MR) is 55.3 cm³/mol.